The Hall–Kier alpha value is -2.40. The van der Waals surface area contributed by atoms with E-state index in [9.17, 15) is 4.79 Å². The van der Waals surface area contributed by atoms with Crippen molar-refractivity contribution >= 4 is 23.3 Å². The molecule has 2 amide bonds. The second-order valence-electron chi connectivity index (χ2n) is 5.77. The zero-order valence-electron chi connectivity index (χ0n) is 14.7. The maximum atomic E-state index is 11.6. The van der Waals surface area contributed by atoms with Crippen molar-refractivity contribution in [1.82, 2.24) is 4.90 Å². The van der Waals surface area contributed by atoms with Gasteiger partial charge in [-0.05, 0) is 48.7 Å². The van der Waals surface area contributed by atoms with Crippen LogP contribution in [-0.2, 0) is 6.42 Å². The molecule has 1 N–H and O–H groups in total. The van der Waals surface area contributed by atoms with Gasteiger partial charge < -0.3 is 19.7 Å². The van der Waals surface area contributed by atoms with Gasteiger partial charge in [-0.1, -0.05) is 23.7 Å². The zero-order chi connectivity index (χ0) is 18.2. The number of nitrogens with one attached hydrogen (secondary N) is 1. The van der Waals surface area contributed by atoms with Gasteiger partial charge in [0.25, 0.3) is 0 Å². The lowest BCUT2D eigenvalue weighted by Crippen LogP contribution is -2.27. The zero-order valence-corrected chi connectivity index (χ0v) is 15.5. The molecule has 0 aliphatic heterocycles. The molecular weight excluding hydrogens is 340 g/mol. The van der Waals surface area contributed by atoms with Crippen LogP contribution in [0.4, 0.5) is 10.5 Å². The van der Waals surface area contributed by atoms with Gasteiger partial charge in [-0.25, -0.2) is 4.79 Å². The fourth-order valence-electron chi connectivity index (χ4n) is 2.22. The third-order valence-electron chi connectivity index (χ3n) is 3.59. The SMILES string of the molecule is COc1cccc(CCCOc2ccc(NC(=O)N(C)C)cc2Cl)c1. The fraction of sp³-hybridized carbons (Fsp3) is 0.316. The van der Waals surface area contributed by atoms with Crippen LogP contribution in [0, 0.1) is 0 Å². The molecule has 0 bridgehead atoms. The number of benzene rings is 2. The Balaban J connectivity index is 1.83. The lowest BCUT2D eigenvalue weighted by Gasteiger charge is -2.13. The molecular formula is C19H23ClN2O3. The van der Waals surface area contributed by atoms with E-state index >= 15 is 0 Å². The van der Waals surface area contributed by atoms with E-state index in [2.05, 4.69) is 11.4 Å². The number of hydrogen-bond acceptors (Lipinski definition) is 3. The van der Waals surface area contributed by atoms with Gasteiger partial charge >= 0.3 is 6.03 Å². The Morgan fingerprint density at radius 1 is 1.20 bits per heavy atom. The molecule has 0 aliphatic carbocycles. The molecule has 6 heteroatoms. The number of nitrogens with zero attached hydrogens (tertiary/aromatic N) is 1. The Labute approximate surface area is 153 Å². The minimum absolute atomic E-state index is 0.206. The summed E-state index contributed by atoms with van der Waals surface area (Å²) in [6, 6.07) is 13.0. The average molecular weight is 363 g/mol. The van der Waals surface area contributed by atoms with E-state index in [1.807, 2.05) is 18.2 Å². The number of rotatable bonds is 7. The van der Waals surface area contributed by atoms with Crippen LogP contribution >= 0.6 is 11.6 Å². The summed E-state index contributed by atoms with van der Waals surface area (Å²) < 4.78 is 11.0. The summed E-state index contributed by atoms with van der Waals surface area (Å²) in [7, 11) is 5.02. The van der Waals surface area contributed by atoms with E-state index in [0.29, 0.717) is 23.1 Å². The van der Waals surface area contributed by atoms with E-state index in [0.717, 1.165) is 18.6 Å². The van der Waals surface area contributed by atoms with Crippen LogP contribution in [0.3, 0.4) is 0 Å². The second-order valence-corrected chi connectivity index (χ2v) is 6.18. The molecule has 134 valence electrons. The van der Waals surface area contributed by atoms with E-state index in [1.54, 1.807) is 39.4 Å². The van der Waals surface area contributed by atoms with Gasteiger partial charge in [-0.15, -0.1) is 0 Å². The quantitative estimate of drug-likeness (QED) is 0.740. The summed E-state index contributed by atoms with van der Waals surface area (Å²) >= 11 is 6.22. The standard InChI is InChI=1S/C19H23ClN2O3/c1-22(2)19(23)21-15-9-10-18(17(20)13-15)25-11-5-7-14-6-4-8-16(12-14)24-3/h4,6,8-10,12-13H,5,7,11H2,1-3H3,(H,21,23). The third-order valence-corrected chi connectivity index (χ3v) is 3.89. The van der Waals surface area contributed by atoms with Gasteiger partial charge in [0.05, 0.1) is 18.7 Å². The Bertz CT molecular complexity index is 720. The predicted molar refractivity (Wildman–Crippen MR) is 101 cm³/mol. The lowest BCUT2D eigenvalue weighted by molar-refractivity contribution is 0.230. The number of urea groups is 1. The summed E-state index contributed by atoms with van der Waals surface area (Å²) in [4.78, 5) is 13.1. The van der Waals surface area contributed by atoms with Crippen molar-refractivity contribution in [1.29, 1.82) is 0 Å². The third kappa shape index (κ3) is 5.87. The van der Waals surface area contributed by atoms with E-state index in [4.69, 9.17) is 21.1 Å². The van der Waals surface area contributed by atoms with Crippen molar-refractivity contribution in [2.75, 3.05) is 33.1 Å². The summed E-state index contributed by atoms with van der Waals surface area (Å²) in [5.74, 6) is 1.46. The smallest absolute Gasteiger partial charge is 0.321 e. The number of methoxy groups -OCH3 is 1. The minimum Gasteiger partial charge on any atom is -0.497 e. The Morgan fingerprint density at radius 2 is 2.00 bits per heavy atom. The average Bonchev–Trinajstić information content (AvgIpc) is 2.60. The number of halogens is 1. The summed E-state index contributed by atoms with van der Waals surface area (Å²) in [6.45, 7) is 0.556. The predicted octanol–water partition coefficient (Wildman–Crippen LogP) is 4.45. The number of anilines is 1. The maximum Gasteiger partial charge on any atom is 0.321 e. The van der Waals surface area contributed by atoms with Gasteiger partial charge in [0.15, 0.2) is 0 Å². The number of carbonyl (C=O) groups is 1. The first-order valence-corrected chi connectivity index (χ1v) is 8.41. The fourth-order valence-corrected chi connectivity index (χ4v) is 2.45. The van der Waals surface area contributed by atoms with Crippen LogP contribution in [0.25, 0.3) is 0 Å². The first-order chi connectivity index (χ1) is 12.0. The van der Waals surface area contributed by atoms with E-state index < -0.39 is 0 Å². The van der Waals surface area contributed by atoms with Gasteiger partial charge in [0.2, 0.25) is 0 Å². The molecule has 0 saturated carbocycles. The second kappa shape index (κ2) is 9.18. The van der Waals surface area contributed by atoms with E-state index in [1.165, 1.54) is 10.5 Å². The molecule has 0 heterocycles. The summed E-state index contributed by atoms with van der Waals surface area (Å²) in [5.41, 5.74) is 1.84. The first kappa shape index (κ1) is 18.9. The highest BCUT2D eigenvalue weighted by Crippen LogP contribution is 2.28. The van der Waals surface area contributed by atoms with E-state index in [-0.39, 0.29) is 6.03 Å². The highest BCUT2D eigenvalue weighted by molar-refractivity contribution is 6.32. The van der Waals surface area contributed by atoms with Crippen molar-refractivity contribution < 1.29 is 14.3 Å². The van der Waals surface area contributed by atoms with Crippen LogP contribution in [0.1, 0.15) is 12.0 Å². The molecule has 25 heavy (non-hydrogen) atoms. The molecule has 0 atom stereocenters. The molecule has 2 aromatic rings. The molecule has 0 saturated heterocycles. The molecule has 0 fully saturated rings. The number of aryl methyl sites for hydroxylation is 1. The van der Waals surface area contributed by atoms with Crippen molar-refractivity contribution in [3.05, 3.63) is 53.1 Å². The molecule has 2 aromatic carbocycles. The number of hydrogen-bond donors (Lipinski definition) is 1. The summed E-state index contributed by atoms with van der Waals surface area (Å²) in [5, 5.41) is 3.21. The van der Waals surface area contributed by atoms with Crippen LogP contribution in [0.15, 0.2) is 42.5 Å². The largest absolute Gasteiger partial charge is 0.497 e. The number of ether oxygens (including phenoxy) is 2. The topological polar surface area (TPSA) is 50.8 Å². The van der Waals surface area contributed by atoms with Crippen LogP contribution in [0.2, 0.25) is 5.02 Å². The summed E-state index contributed by atoms with van der Waals surface area (Å²) in [6.07, 6.45) is 1.76. The highest BCUT2D eigenvalue weighted by Gasteiger charge is 2.07. The number of carbonyl (C=O) groups excluding carboxylic acids is 1. The van der Waals surface area contributed by atoms with Crippen LogP contribution < -0.4 is 14.8 Å². The number of amides is 2. The first-order valence-electron chi connectivity index (χ1n) is 8.03. The van der Waals surface area contributed by atoms with Gasteiger partial charge in [-0.2, -0.15) is 0 Å². The Kier molecular flexibility index (Phi) is 6.95. The molecule has 5 nitrogen and oxygen atoms in total. The van der Waals surface area contributed by atoms with Crippen molar-refractivity contribution in [2.24, 2.45) is 0 Å². The highest BCUT2D eigenvalue weighted by atomic mass is 35.5. The molecule has 0 aliphatic rings. The normalized spacial score (nSPS) is 10.2. The van der Waals surface area contributed by atoms with Gasteiger partial charge in [0, 0.05) is 19.8 Å². The molecule has 0 aromatic heterocycles. The molecule has 0 unspecified atom stereocenters. The van der Waals surface area contributed by atoms with Crippen LogP contribution in [0.5, 0.6) is 11.5 Å². The van der Waals surface area contributed by atoms with Gasteiger partial charge in [-0.3, -0.25) is 0 Å². The minimum atomic E-state index is -0.206. The van der Waals surface area contributed by atoms with Crippen molar-refractivity contribution in [2.45, 2.75) is 12.8 Å². The molecule has 2 rings (SSSR count). The van der Waals surface area contributed by atoms with Crippen molar-refractivity contribution in [3.63, 3.8) is 0 Å². The molecule has 0 spiro atoms. The van der Waals surface area contributed by atoms with Crippen molar-refractivity contribution in [3.8, 4) is 11.5 Å². The molecule has 0 radical (unpaired) electrons. The monoisotopic (exact) mass is 362 g/mol. The maximum absolute atomic E-state index is 11.6. The van der Waals surface area contributed by atoms with Crippen LogP contribution in [-0.4, -0.2) is 38.7 Å². The lowest BCUT2D eigenvalue weighted by atomic mass is 10.1. The van der Waals surface area contributed by atoms with Gasteiger partial charge in [0.1, 0.15) is 11.5 Å². The Morgan fingerprint density at radius 3 is 2.68 bits per heavy atom.